The van der Waals surface area contributed by atoms with Crippen molar-refractivity contribution in [3.05, 3.63) is 0 Å². The zero-order chi connectivity index (χ0) is 19.6. The van der Waals surface area contributed by atoms with E-state index in [9.17, 15) is 10.2 Å². The van der Waals surface area contributed by atoms with Crippen LogP contribution < -0.4 is 0 Å². The third-order valence-electron chi connectivity index (χ3n) is 6.10. The number of hydrogen-bond acceptors (Lipinski definition) is 5. The molecule has 5 nitrogen and oxygen atoms in total. The Morgan fingerprint density at radius 1 is 0.704 bits per heavy atom. The first-order chi connectivity index (χ1) is 13.1. The van der Waals surface area contributed by atoms with Crippen LogP contribution >= 0.6 is 0 Å². The average Bonchev–Trinajstić information content (AvgIpc) is 3.57. The lowest BCUT2D eigenvalue weighted by molar-refractivity contribution is -0.0385. The van der Waals surface area contributed by atoms with E-state index in [0.717, 1.165) is 25.7 Å². The Morgan fingerprint density at radius 2 is 1.07 bits per heavy atom. The maximum absolute atomic E-state index is 10.5. The first-order valence-corrected chi connectivity index (χ1v) is 11.3. The molecule has 4 atom stereocenters. The number of aliphatic hydroxyl groups excluding tert-OH is 2. The van der Waals surface area contributed by atoms with E-state index in [2.05, 4.69) is 13.8 Å². The molecule has 0 bridgehead atoms. The van der Waals surface area contributed by atoms with Crippen LogP contribution in [0, 0.1) is 0 Å². The van der Waals surface area contributed by atoms with E-state index in [1.807, 2.05) is 0 Å². The van der Waals surface area contributed by atoms with Gasteiger partial charge in [0.25, 0.3) is 0 Å². The Morgan fingerprint density at radius 3 is 1.41 bits per heavy atom. The second kappa shape index (κ2) is 11.7. The molecule has 0 aromatic heterocycles. The highest BCUT2D eigenvalue weighted by molar-refractivity contribution is 5.01. The van der Waals surface area contributed by atoms with Gasteiger partial charge in [0.1, 0.15) is 11.2 Å². The Labute approximate surface area is 165 Å². The first-order valence-electron chi connectivity index (χ1n) is 11.3. The lowest BCUT2D eigenvalue weighted by Gasteiger charge is -2.22. The molecular formula is C22H42O5. The largest absolute Gasteiger partial charge is 0.390 e. The molecule has 0 amide bonds. The van der Waals surface area contributed by atoms with Gasteiger partial charge in [-0.3, -0.25) is 0 Å². The van der Waals surface area contributed by atoms with Crippen molar-refractivity contribution in [1.29, 1.82) is 0 Å². The molecule has 2 heterocycles. The third kappa shape index (κ3) is 7.62. The van der Waals surface area contributed by atoms with E-state index in [-0.39, 0.29) is 0 Å². The van der Waals surface area contributed by atoms with Crippen molar-refractivity contribution in [2.75, 3.05) is 26.4 Å². The molecule has 0 aliphatic carbocycles. The van der Waals surface area contributed by atoms with Crippen LogP contribution in [-0.2, 0) is 14.2 Å². The normalized spacial score (nSPS) is 28.9. The minimum absolute atomic E-state index is 0.386. The summed E-state index contributed by atoms with van der Waals surface area (Å²) in [6.45, 7) is 6.32. The fourth-order valence-corrected chi connectivity index (χ4v) is 3.73. The number of epoxide rings is 2. The Bertz CT molecular complexity index is 356. The molecule has 2 aliphatic rings. The molecule has 2 aliphatic heterocycles. The summed E-state index contributed by atoms with van der Waals surface area (Å²) in [7, 11) is 0. The average molecular weight is 387 g/mol. The van der Waals surface area contributed by atoms with Crippen molar-refractivity contribution >= 4 is 0 Å². The van der Waals surface area contributed by atoms with Gasteiger partial charge in [0.15, 0.2) is 0 Å². The van der Waals surface area contributed by atoms with Crippen molar-refractivity contribution in [2.24, 2.45) is 0 Å². The summed E-state index contributed by atoms with van der Waals surface area (Å²) in [6, 6.07) is 0. The molecule has 27 heavy (non-hydrogen) atoms. The van der Waals surface area contributed by atoms with Gasteiger partial charge in [0.05, 0.1) is 38.6 Å². The number of rotatable bonds is 18. The Balaban J connectivity index is 1.59. The second-order valence-corrected chi connectivity index (χ2v) is 8.64. The third-order valence-corrected chi connectivity index (χ3v) is 6.10. The zero-order valence-corrected chi connectivity index (χ0v) is 17.6. The highest BCUT2D eigenvalue weighted by Crippen LogP contribution is 2.37. The molecule has 2 N–H and O–H groups in total. The minimum atomic E-state index is -0.522. The Hall–Kier alpha value is -0.200. The van der Waals surface area contributed by atoms with Gasteiger partial charge in [-0.2, -0.15) is 0 Å². The summed E-state index contributed by atoms with van der Waals surface area (Å²) in [4.78, 5) is 0. The van der Waals surface area contributed by atoms with Gasteiger partial charge in [0.2, 0.25) is 0 Å². The van der Waals surface area contributed by atoms with Crippen LogP contribution in [0.2, 0.25) is 0 Å². The van der Waals surface area contributed by atoms with Gasteiger partial charge >= 0.3 is 0 Å². The van der Waals surface area contributed by atoms with Crippen LogP contribution in [0.5, 0.6) is 0 Å². The Kier molecular flexibility index (Phi) is 10.0. The molecule has 0 saturated carbocycles. The lowest BCUT2D eigenvalue weighted by atomic mass is 9.97. The van der Waals surface area contributed by atoms with E-state index in [0.29, 0.717) is 26.4 Å². The lowest BCUT2D eigenvalue weighted by Crippen LogP contribution is -2.39. The fraction of sp³-hybridized carbons (Fsp3) is 1.00. The zero-order valence-electron chi connectivity index (χ0n) is 17.6. The van der Waals surface area contributed by atoms with Crippen molar-refractivity contribution in [3.63, 3.8) is 0 Å². The molecule has 0 spiro atoms. The van der Waals surface area contributed by atoms with Gasteiger partial charge in [-0.1, -0.05) is 78.1 Å². The summed E-state index contributed by atoms with van der Waals surface area (Å²) in [6.07, 6.45) is 12.5. The molecule has 0 aromatic rings. The van der Waals surface area contributed by atoms with Gasteiger partial charge < -0.3 is 24.4 Å². The smallest absolute Gasteiger partial charge is 0.140 e. The quantitative estimate of drug-likeness (QED) is 0.275. The van der Waals surface area contributed by atoms with Crippen molar-refractivity contribution in [2.45, 2.75) is 114 Å². The van der Waals surface area contributed by atoms with Gasteiger partial charge in [-0.05, 0) is 12.8 Å². The fourth-order valence-electron chi connectivity index (χ4n) is 3.73. The second-order valence-electron chi connectivity index (χ2n) is 8.64. The van der Waals surface area contributed by atoms with E-state index in [1.54, 1.807) is 0 Å². The summed E-state index contributed by atoms with van der Waals surface area (Å²) < 4.78 is 17.0. The maximum Gasteiger partial charge on any atom is 0.140 e. The number of ether oxygens (including phenoxy) is 3. The molecule has 0 radical (unpaired) electrons. The molecule has 0 aromatic carbocycles. The SMILES string of the molecule is CCCCCCCC(O)C1(COCC2(C(O)CCCCCCC)CO2)CO1. The minimum Gasteiger partial charge on any atom is -0.390 e. The summed E-state index contributed by atoms with van der Waals surface area (Å²) in [5.74, 6) is 0. The predicted molar refractivity (Wildman–Crippen MR) is 107 cm³/mol. The van der Waals surface area contributed by atoms with Crippen LogP contribution in [0.3, 0.4) is 0 Å². The number of unbranched alkanes of at least 4 members (excludes halogenated alkanes) is 8. The summed E-state index contributed by atoms with van der Waals surface area (Å²) in [5, 5.41) is 20.9. The van der Waals surface area contributed by atoms with E-state index in [4.69, 9.17) is 14.2 Å². The molecule has 2 fully saturated rings. The molecule has 2 saturated heterocycles. The van der Waals surface area contributed by atoms with Crippen molar-refractivity contribution < 1.29 is 24.4 Å². The van der Waals surface area contributed by atoms with Gasteiger partial charge in [-0.25, -0.2) is 0 Å². The van der Waals surface area contributed by atoms with Crippen LogP contribution in [0.4, 0.5) is 0 Å². The first kappa shape index (κ1) is 23.1. The van der Waals surface area contributed by atoms with Gasteiger partial charge in [-0.15, -0.1) is 0 Å². The molecule has 5 heteroatoms. The van der Waals surface area contributed by atoms with Crippen molar-refractivity contribution in [3.8, 4) is 0 Å². The van der Waals surface area contributed by atoms with Crippen LogP contribution in [0.25, 0.3) is 0 Å². The predicted octanol–water partition coefficient (Wildman–Crippen LogP) is 3.98. The van der Waals surface area contributed by atoms with Crippen LogP contribution in [0.15, 0.2) is 0 Å². The number of hydrogen-bond donors (Lipinski definition) is 2. The molecular weight excluding hydrogens is 344 g/mol. The standard InChI is InChI=1S/C22H42O5/c1-3-5-7-9-11-13-19(23)21(17-26-21)15-25-16-22(18-27-22)20(24)14-12-10-8-6-4-2/h19-20,23-24H,3-18H2,1-2H3. The van der Waals surface area contributed by atoms with Gasteiger partial charge in [0, 0.05) is 0 Å². The maximum atomic E-state index is 10.5. The van der Waals surface area contributed by atoms with E-state index < -0.39 is 23.4 Å². The highest BCUT2D eigenvalue weighted by Gasteiger charge is 2.54. The molecule has 160 valence electrons. The monoisotopic (exact) mass is 386 g/mol. The number of aliphatic hydroxyl groups is 2. The van der Waals surface area contributed by atoms with E-state index in [1.165, 1.54) is 51.4 Å². The van der Waals surface area contributed by atoms with E-state index >= 15 is 0 Å². The summed E-state index contributed by atoms with van der Waals surface area (Å²) >= 11 is 0. The highest BCUT2D eigenvalue weighted by atomic mass is 16.7. The molecule has 2 rings (SSSR count). The van der Waals surface area contributed by atoms with Crippen LogP contribution in [-0.4, -0.2) is 60.1 Å². The van der Waals surface area contributed by atoms with Crippen LogP contribution in [0.1, 0.15) is 90.9 Å². The molecule has 4 unspecified atom stereocenters. The summed E-state index contributed by atoms with van der Waals surface area (Å²) in [5.41, 5.74) is -1.04. The topological polar surface area (TPSA) is 74.8 Å². The van der Waals surface area contributed by atoms with Crippen molar-refractivity contribution in [1.82, 2.24) is 0 Å².